The smallest absolute Gasteiger partial charge is 0.276 e. The minimum atomic E-state index is -3.54. The molecule has 0 aliphatic carbocycles. The third-order valence-corrected chi connectivity index (χ3v) is 3.61. The molecular weight excluding hydrogens is 206 g/mol. The molecule has 0 saturated carbocycles. The van der Waals surface area contributed by atoms with Crippen LogP contribution in [-0.4, -0.2) is 62.1 Å². The van der Waals surface area contributed by atoms with Crippen LogP contribution in [0.15, 0.2) is 0 Å². The van der Waals surface area contributed by atoms with Gasteiger partial charge in [-0.1, -0.05) is 0 Å². The SMILES string of the molecule is CN(CCO)C1CCN(S(N)(=O)=O)C1. The van der Waals surface area contributed by atoms with E-state index in [4.69, 9.17) is 10.2 Å². The van der Waals surface area contributed by atoms with E-state index in [-0.39, 0.29) is 12.6 Å². The monoisotopic (exact) mass is 223 g/mol. The summed E-state index contributed by atoms with van der Waals surface area (Å²) in [7, 11) is -1.67. The molecule has 1 fully saturated rings. The number of hydrogen-bond acceptors (Lipinski definition) is 4. The molecule has 0 spiro atoms. The van der Waals surface area contributed by atoms with E-state index < -0.39 is 10.2 Å². The van der Waals surface area contributed by atoms with Crippen molar-refractivity contribution in [2.45, 2.75) is 12.5 Å². The highest BCUT2D eigenvalue weighted by Crippen LogP contribution is 2.15. The first-order chi connectivity index (χ1) is 6.45. The van der Waals surface area contributed by atoms with Crippen LogP contribution in [-0.2, 0) is 10.2 Å². The summed E-state index contributed by atoms with van der Waals surface area (Å²) in [5.74, 6) is 0. The Morgan fingerprint density at radius 3 is 2.71 bits per heavy atom. The molecule has 6 nitrogen and oxygen atoms in total. The first-order valence-corrected chi connectivity index (χ1v) is 6.04. The molecule has 1 atom stereocenters. The fraction of sp³-hybridized carbons (Fsp3) is 1.00. The summed E-state index contributed by atoms with van der Waals surface area (Å²) >= 11 is 0. The number of aliphatic hydroxyl groups is 1. The molecule has 0 bridgehead atoms. The Balaban J connectivity index is 2.49. The van der Waals surface area contributed by atoms with E-state index in [0.29, 0.717) is 19.6 Å². The number of aliphatic hydroxyl groups excluding tert-OH is 1. The summed E-state index contributed by atoms with van der Waals surface area (Å²) in [4.78, 5) is 1.95. The minimum Gasteiger partial charge on any atom is -0.395 e. The molecule has 14 heavy (non-hydrogen) atoms. The number of nitrogens with zero attached hydrogens (tertiary/aromatic N) is 2. The quantitative estimate of drug-likeness (QED) is 0.588. The maximum absolute atomic E-state index is 11.0. The van der Waals surface area contributed by atoms with Gasteiger partial charge in [-0.15, -0.1) is 0 Å². The maximum atomic E-state index is 11.0. The molecule has 0 aromatic carbocycles. The molecule has 0 aromatic rings. The fourth-order valence-electron chi connectivity index (χ4n) is 1.64. The zero-order valence-corrected chi connectivity index (χ0v) is 9.07. The standard InChI is InChI=1S/C7H17N3O3S/c1-9(4-5-11)7-2-3-10(6-7)14(8,12)13/h7,11H,2-6H2,1H3,(H2,8,12,13). The molecular formula is C7H17N3O3S. The Morgan fingerprint density at radius 1 is 1.64 bits per heavy atom. The van der Waals surface area contributed by atoms with Crippen molar-refractivity contribution in [3.63, 3.8) is 0 Å². The second kappa shape index (κ2) is 4.54. The van der Waals surface area contributed by atoms with E-state index in [1.165, 1.54) is 4.31 Å². The average molecular weight is 223 g/mol. The summed E-state index contributed by atoms with van der Waals surface area (Å²) < 4.78 is 23.3. The first-order valence-electron chi connectivity index (χ1n) is 4.54. The Hall–Kier alpha value is -0.210. The summed E-state index contributed by atoms with van der Waals surface area (Å²) in [6.45, 7) is 1.54. The van der Waals surface area contributed by atoms with Crippen LogP contribution in [0.2, 0.25) is 0 Å². The molecule has 1 rings (SSSR count). The van der Waals surface area contributed by atoms with Crippen molar-refractivity contribution < 1.29 is 13.5 Å². The second-order valence-electron chi connectivity index (χ2n) is 3.55. The number of hydrogen-bond donors (Lipinski definition) is 2. The van der Waals surface area contributed by atoms with Crippen molar-refractivity contribution in [3.05, 3.63) is 0 Å². The van der Waals surface area contributed by atoms with E-state index in [1.807, 2.05) is 11.9 Å². The average Bonchev–Trinajstić information content (AvgIpc) is 2.51. The predicted octanol–water partition coefficient (Wildman–Crippen LogP) is -1.81. The van der Waals surface area contributed by atoms with Gasteiger partial charge in [-0.3, -0.25) is 4.90 Å². The second-order valence-corrected chi connectivity index (χ2v) is 5.10. The lowest BCUT2D eigenvalue weighted by Crippen LogP contribution is -2.39. The van der Waals surface area contributed by atoms with Crippen LogP contribution in [0.3, 0.4) is 0 Å². The van der Waals surface area contributed by atoms with Crippen molar-refractivity contribution in [1.29, 1.82) is 0 Å². The molecule has 0 amide bonds. The number of nitrogens with two attached hydrogens (primary N) is 1. The van der Waals surface area contributed by atoms with Crippen molar-refractivity contribution in [2.24, 2.45) is 5.14 Å². The molecule has 1 aliphatic heterocycles. The van der Waals surface area contributed by atoms with Gasteiger partial charge in [-0.2, -0.15) is 12.7 Å². The van der Waals surface area contributed by atoms with Crippen molar-refractivity contribution in [1.82, 2.24) is 9.21 Å². The summed E-state index contributed by atoms with van der Waals surface area (Å²) in [5, 5.41) is 13.7. The normalized spacial score (nSPS) is 24.7. The third kappa shape index (κ3) is 2.89. The number of likely N-dealkylation sites (N-methyl/N-ethyl adjacent to an activating group) is 1. The molecule has 84 valence electrons. The fourth-order valence-corrected chi connectivity index (χ4v) is 2.38. The number of rotatable bonds is 4. The zero-order chi connectivity index (χ0) is 10.8. The van der Waals surface area contributed by atoms with Crippen LogP contribution in [0, 0.1) is 0 Å². The Labute approximate surface area is 84.5 Å². The van der Waals surface area contributed by atoms with Crippen LogP contribution in [0.4, 0.5) is 0 Å². The van der Waals surface area contributed by atoms with Gasteiger partial charge in [0, 0.05) is 25.7 Å². The van der Waals surface area contributed by atoms with E-state index in [9.17, 15) is 8.42 Å². The highest BCUT2D eigenvalue weighted by atomic mass is 32.2. The van der Waals surface area contributed by atoms with Crippen LogP contribution in [0.5, 0.6) is 0 Å². The highest BCUT2D eigenvalue weighted by Gasteiger charge is 2.30. The lowest BCUT2D eigenvalue weighted by Gasteiger charge is -2.22. The lowest BCUT2D eigenvalue weighted by atomic mass is 10.2. The van der Waals surface area contributed by atoms with Crippen molar-refractivity contribution >= 4 is 10.2 Å². The van der Waals surface area contributed by atoms with Crippen molar-refractivity contribution in [2.75, 3.05) is 33.3 Å². The lowest BCUT2D eigenvalue weighted by molar-refractivity contribution is 0.184. The van der Waals surface area contributed by atoms with Gasteiger partial charge in [0.15, 0.2) is 0 Å². The van der Waals surface area contributed by atoms with Crippen LogP contribution < -0.4 is 5.14 Å². The van der Waals surface area contributed by atoms with E-state index in [2.05, 4.69) is 0 Å². The van der Waals surface area contributed by atoms with Gasteiger partial charge in [0.05, 0.1) is 6.61 Å². The first kappa shape index (κ1) is 11.9. The zero-order valence-electron chi connectivity index (χ0n) is 8.26. The van der Waals surface area contributed by atoms with Gasteiger partial charge in [0.2, 0.25) is 0 Å². The maximum Gasteiger partial charge on any atom is 0.276 e. The van der Waals surface area contributed by atoms with Crippen molar-refractivity contribution in [3.8, 4) is 0 Å². The van der Waals surface area contributed by atoms with Gasteiger partial charge in [0.25, 0.3) is 10.2 Å². The van der Waals surface area contributed by atoms with E-state index in [1.54, 1.807) is 0 Å². The van der Waals surface area contributed by atoms with Gasteiger partial charge >= 0.3 is 0 Å². The summed E-state index contributed by atoms with van der Waals surface area (Å²) in [5.41, 5.74) is 0. The van der Waals surface area contributed by atoms with E-state index in [0.717, 1.165) is 6.42 Å². The molecule has 1 saturated heterocycles. The minimum absolute atomic E-state index is 0.0857. The van der Waals surface area contributed by atoms with Gasteiger partial charge in [-0.25, -0.2) is 5.14 Å². The Kier molecular flexibility index (Phi) is 3.85. The van der Waals surface area contributed by atoms with Crippen LogP contribution in [0.1, 0.15) is 6.42 Å². The highest BCUT2D eigenvalue weighted by molar-refractivity contribution is 7.86. The van der Waals surface area contributed by atoms with Gasteiger partial charge in [0.1, 0.15) is 0 Å². The third-order valence-electron chi connectivity index (χ3n) is 2.56. The molecule has 0 aromatic heterocycles. The topological polar surface area (TPSA) is 86.9 Å². The summed E-state index contributed by atoms with van der Waals surface area (Å²) in [6.07, 6.45) is 0.771. The molecule has 0 radical (unpaired) electrons. The van der Waals surface area contributed by atoms with Crippen LogP contribution >= 0.6 is 0 Å². The molecule has 7 heteroatoms. The van der Waals surface area contributed by atoms with Gasteiger partial charge in [-0.05, 0) is 13.5 Å². The van der Waals surface area contributed by atoms with Gasteiger partial charge < -0.3 is 5.11 Å². The molecule has 1 aliphatic rings. The molecule has 1 unspecified atom stereocenters. The largest absolute Gasteiger partial charge is 0.395 e. The molecule has 1 heterocycles. The molecule has 3 N–H and O–H groups in total. The van der Waals surface area contributed by atoms with Crippen LogP contribution in [0.25, 0.3) is 0 Å². The predicted molar refractivity (Wildman–Crippen MR) is 52.8 cm³/mol. The Bertz CT molecular complexity index is 280. The summed E-state index contributed by atoms with van der Waals surface area (Å²) in [6, 6.07) is 0.167. The van der Waals surface area contributed by atoms with E-state index >= 15 is 0 Å². The Morgan fingerprint density at radius 2 is 2.29 bits per heavy atom.